The van der Waals surface area contributed by atoms with Gasteiger partial charge in [0.1, 0.15) is 5.60 Å². The minimum absolute atomic E-state index is 0.0453. The van der Waals surface area contributed by atoms with E-state index in [4.69, 9.17) is 4.74 Å². The maximum absolute atomic E-state index is 13.7. The molecule has 28 heavy (non-hydrogen) atoms. The normalized spacial score (nSPS) is 21.1. The van der Waals surface area contributed by atoms with E-state index in [0.29, 0.717) is 31.5 Å². The molecule has 1 aliphatic heterocycles. The maximum Gasteiger partial charge on any atom is 0.314 e. The van der Waals surface area contributed by atoms with Crippen LogP contribution in [0.5, 0.6) is 0 Å². The SMILES string of the molecule is C=C(C)C(C(=O)OC(C)(C)C)C1(CC(C)C)CCN(Cc2ccccc2)C1=O. The minimum atomic E-state index is -0.781. The number of amides is 1. The summed E-state index contributed by atoms with van der Waals surface area (Å²) in [6.45, 7) is 16.9. The summed E-state index contributed by atoms with van der Waals surface area (Å²) in [5, 5.41) is 0. The highest BCUT2D eigenvalue weighted by Gasteiger charge is 2.55. The molecule has 0 N–H and O–H groups in total. The van der Waals surface area contributed by atoms with Crippen LogP contribution in [0.3, 0.4) is 0 Å². The fraction of sp³-hybridized carbons (Fsp3) is 0.583. The predicted octanol–water partition coefficient (Wildman–Crippen LogP) is 4.99. The summed E-state index contributed by atoms with van der Waals surface area (Å²) < 4.78 is 5.71. The first kappa shape index (κ1) is 22.2. The Morgan fingerprint density at radius 3 is 2.36 bits per heavy atom. The van der Waals surface area contributed by atoms with Gasteiger partial charge >= 0.3 is 5.97 Å². The van der Waals surface area contributed by atoms with Crippen LogP contribution in [0.4, 0.5) is 0 Å². The van der Waals surface area contributed by atoms with Crippen LogP contribution in [0.25, 0.3) is 0 Å². The third kappa shape index (κ3) is 5.03. The Kier molecular flexibility index (Phi) is 6.74. The summed E-state index contributed by atoms with van der Waals surface area (Å²) in [4.78, 5) is 28.7. The van der Waals surface area contributed by atoms with Crippen molar-refractivity contribution in [1.82, 2.24) is 4.90 Å². The molecule has 1 saturated heterocycles. The number of hydrogen-bond acceptors (Lipinski definition) is 3. The lowest BCUT2D eigenvalue weighted by atomic mass is 9.66. The molecule has 2 atom stereocenters. The van der Waals surface area contributed by atoms with Gasteiger partial charge < -0.3 is 9.64 Å². The highest BCUT2D eigenvalue weighted by molar-refractivity contribution is 5.92. The Morgan fingerprint density at radius 1 is 1.25 bits per heavy atom. The average molecular weight is 386 g/mol. The van der Waals surface area contributed by atoms with Gasteiger partial charge in [0.05, 0.1) is 11.3 Å². The van der Waals surface area contributed by atoms with E-state index >= 15 is 0 Å². The van der Waals surface area contributed by atoms with Crippen LogP contribution >= 0.6 is 0 Å². The van der Waals surface area contributed by atoms with Crippen LogP contribution in [0.1, 0.15) is 59.9 Å². The Hall–Kier alpha value is -2.10. The van der Waals surface area contributed by atoms with Gasteiger partial charge in [0, 0.05) is 13.1 Å². The minimum Gasteiger partial charge on any atom is -0.459 e. The second kappa shape index (κ2) is 8.50. The van der Waals surface area contributed by atoms with Gasteiger partial charge in [-0.3, -0.25) is 9.59 Å². The largest absolute Gasteiger partial charge is 0.459 e. The lowest BCUT2D eigenvalue weighted by Crippen LogP contribution is -2.46. The van der Waals surface area contributed by atoms with Crippen LogP contribution in [0.15, 0.2) is 42.5 Å². The molecule has 0 aliphatic carbocycles. The molecule has 1 aliphatic rings. The molecule has 1 fully saturated rings. The number of carbonyl (C=O) groups is 2. The molecule has 4 nitrogen and oxygen atoms in total. The number of likely N-dealkylation sites (tertiary alicyclic amines) is 1. The van der Waals surface area contributed by atoms with Crippen molar-refractivity contribution in [3.05, 3.63) is 48.0 Å². The topological polar surface area (TPSA) is 46.6 Å². The van der Waals surface area contributed by atoms with Crippen molar-refractivity contribution in [2.75, 3.05) is 6.54 Å². The molecule has 1 aromatic carbocycles. The fourth-order valence-corrected chi connectivity index (χ4v) is 4.38. The summed E-state index contributed by atoms with van der Waals surface area (Å²) in [5.74, 6) is -0.633. The van der Waals surface area contributed by atoms with Gasteiger partial charge in [-0.25, -0.2) is 0 Å². The monoisotopic (exact) mass is 385 g/mol. The van der Waals surface area contributed by atoms with Gasteiger partial charge in [0.15, 0.2) is 0 Å². The highest BCUT2D eigenvalue weighted by atomic mass is 16.6. The van der Waals surface area contributed by atoms with Crippen molar-refractivity contribution in [2.24, 2.45) is 17.3 Å². The van der Waals surface area contributed by atoms with E-state index in [1.54, 1.807) is 0 Å². The van der Waals surface area contributed by atoms with Crippen LogP contribution in [-0.2, 0) is 20.9 Å². The standard InChI is InChI=1S/C24H35NO3/c1-17(2)15-24(20(18(3)4)21(26)28-23(5,6)7)13-14-25(22(24)27)16-19-11-9-8-10-12-19/h8-12,17,20H,3,13-16H2,1-2,4-7H3. The molecule has 154 valence electrons. The van der Waals surface area contributed by atoms with E-state index in [1.807, 2.05) is 62.9 Å². The van der Waals surface area contributed by atoms with Gasteiger partial charge in [0.2, 0.25) is 5.91 Å². The first-order valence-electron chi connectivity index (χ1n) is 10.2. The van der Waals surface area contributed by atoms with Crippen molar-refractivity contribution in [2.45, 2.75) is 66.5 Å². The van der Waals surface area contributed by atoms with E-state index in [0.717, 1.165) is 5.56 Å². The molecule has 0 spiro atoms. The molecule has 2 unspecified atom stereocenters. The van der Waals surface area contributed by atoms with Gasteiger partial charge in [-0.1, -0.05) is 56.3 Å². The van der Waals surface area contributed by atoms with E-state index in [2.05, 4.69) is 20.4 Å². The van der Waals surface area contributed by atoms with E-state index < -0.39 is 16.9 Å². The average Bonchev–Trinajstić information content (AvgIpc) is 2.83. The van der Waals surface area contributed by atoms with Crippen molar-refractivity contribution in [1.29, 1.82) is 0 Å². The number of rotatable bonds is 7. The maximum atomic E-state index is 13.7. The zero-order valence-electron chi connectivity index (χ0n) is 18.2. The third-order valence-corrected chi connectivity index (χ3v) is 5.22. The highest BCUT2D eigenvalue weighted by Crippen LogP contribution is 2.48. The lowest BCUT2D eigenvalue weighted by molar-refractivity contribution is -0.167. The quantitative estimate of drug-likeness (QED) is 0.491. The summed E-state index contributed by atoms with van der Waals surface area (Å²) in [5.41, 5.74) is 0.414. The zero-order chi connectivity index (χ0) is 21.1. The molecule has 2 rings (SSSR count). The molecule has 0 saturated carbocycles. The van der Waals surface area contributed by atoms with Crippen molar-refractivity contribution >= 4 is 11.9 Å². The van der Waals surface area contributed by atoms with Crippen LogP contribution in [0.2, 0.25) is 0 Å². The first-order chi connectivity index (χ1) is 13.0. The number of esters is 1. The Balaban J connectivity index is 2.38. The summed E-state index contributed by atoms with van der Waals surface area (Å²) in [6.07, 6.45) is 1.29. The molecule has 1 amide bonds. The zero-order valence-corrected chi connectivity index (χ0v) is 18.2. The van der Waals surface area contributed by atoms with Crippen LogP contribution < -0.4 is 0 Å². The number of hydrogen-bond donors (Lipinski definition) is 0. The van der Waals surface area contributed by atoms with E-state index in [1.165, 1.54) is 0 Å². The molecular weight excluding hydrogens is 350 g/mol. The lowest BCUT2D eigenvalue weighted by Gasteiger charge is -2.37. The third-order valence-electron chi connectivity index (χ3n) is 5.22. The summed E-state index contributed by atoms with van der Waals surface area (Å²) in [6, 6.07) is 9.99. The molecule has 0 aromatic heterocycles. The first-order valence-corrected chi connectivity index (χ1v) is 10.2. The molecule has 1 aromatic rings. The molecule has 1 heterocycles. The Morgan fingerprint density at radius 2 is 1.86 bits per heavy atom. The molecule has 0 radical (unpaired) electrons. The summed E-state index contributed by atoms with van der Waals surface area (Å²) in [7, 11) is 0. The van der Waals surface area contributed by atoms with Crippen molar-refractivity contribution in [3.63, 3.8) is 0 Å². The number of carbonyl (C=O) groups excluding carboxylic acids is 2. The number of benzene rings is 1. The van der Waals surface area contributed by atoms with Crippen molar-refractivity contribution < 1.29 is 14.3 Å². The number of nitrogens with zero attached hydrogens (tertiary/aromatic N) is 1. The van der Waals surface area contributed by atoms with Crippen molar-refractivity contribution in [3.8, 4) is 0 Å². The Bertz CT molecular complexity index is 717. The fourth-order valence-electron chi connectivity index (χ4n) is 4.38. The second-order valence-corrected chi connectivity index (χ2v) is 9.53. The second-order valence-electron chi connectivity index (χ2n) is 9.53. The molecular formula is C24H35NO3. The van der Waals surface area contributed by atoms with E-state index in [-0.39, 0.29) is 17.8 Å². The molecule has 0 bridgehead atoms. The Labute approximate surface area is 170 Å². The number of ether oxygens (including phenoxy) is 1. The van der Waals surface area contributed by atoms with Gasteiger partial charge in [0.25, 0.3) is 0 Å². The van der Waals surface area contributed by atoms with Crippen LogP contribution in [0, 0.1) is 17.3 Å². The van der Waals surface area contributed by atoms with E-state index in [9.17, 15) is 9.59 Å². The predicted molar refractivity (Wildman–Crippen MR) is 113 cm³/mol. The smallest absolute Gasteiger partial charge is 0.314 e. The van der Waals surface area contributed by atoms with Gasteiger partial charge in [-0.2, -0.15) is 0 Å². The van der Waals surface area contributed by atoms with Gasteiger partial charge in [-0.15, -0.1) is 0 Å². The summed E-state index contributed by atoms with van der Waals surface area (Å²) >= 11 is 0. The van der Waals surface area contributed by atoms with Crippen LogP contribution in [-0.4, -0.2) is 28.9 Å². The molecule has 4 heteroatoms. The van der Waals surface area contributed by atoms with Gasteiger partial charge in [-0.05, 0) is 52.0 Å².